The van der Waals surface area contributed by atoms with Gasteiger partial charge in [-0.1, -0.05) is 30.3 Å². The van der Waals surface area contributed by atoms with Gasteiger partial charge in [-0.05, 0) is 5.56 Å². The van der Waals surface area contributed by atoms with E-state index in [4.69, 9.17) is 19.7 Å². The van der Waals surface area contributed by atoms with Crippen molar-refractivity contribution in [3.63, 3.8) is 0 Å². The van der Waals surface area contributed by atoms with Crippen molar-refractivity contribution in [2.75, 3.05) is 19.8 Å². The van der Waals surface area contributed by atoms with Crippen molar-refractivity contribution >= 4 is 5.97 Å². The quantitative estimate of drug-likeness (QED) is 0.661. The number of carbonyl (C=O) groups excluding carboxylic acids is 1. The normalized spacial score (nSPS) is 12.1. The van der Waals surface area contributed by atoms with Crippen molar-refractivity contribution in [3.05, 3.63) is 35.9 Å². The Kier molecular flexibility index (Phi) is 6.24. The highest BCUT2D eigenvalue weighted by atomic mass is 16.6. The van der Waals surface area contributed by atoms with Crippen LogP contribution >= 0.6 is 0 Å². The molecule has 2 N–H and O–H groups in total. The monoisotopic (exact) mass is 240 g/mol. The lowest BCUT2D eigenvalue weighted by Gasteiger charge is -2.13. The molecule has 1 unspecified atom stereocenters. The van der Waals surface area contributed by atoms with E-state index in [0.717, 1.165) is 5.56 Å². The third-order valence-electron chi connectivity index (χ3n) is 2.06. The molecule has 1 aromatic rings. The minimum Gasteiger partial charge on any atom is -0.459 e. The summed E-state index contributed by atoms with van der Waals surface area (Å²) in [5.74, 6) is -0.634. The fourth-order valence-corrected chi connectivity index (χ4v) is 1.21. The minimum atomic E-state index is -1.04. The number of benzene rings is 1. The maximum absolute atomic E-state index is 11.5. The Morgan fingerprint density at radius 3 is 2.53 bits per heavy atom. The molecule has 94 valence electrons. The van der Waals surface area contributed by atoms with Gasteiger partial charge in [-0.2, -0.15) is 0 Å². The summed E-state index contributed by atoms with van der Waals surface area (Å²) < 4.78 is 9.89. The summed E-state index contributed by atoms with van der Waals surface area (Å²) >= 11 is 0. The van der Waals surface area contributed by atoms with E-state index < -0.39 is 18.7 Å². The Labute approximate surface area is 99.6 Å². The van der Waals surface area contributed by atoms with Crippen molar-refractivity contribution in [3.8, 4) is 0 Å². The molecule has 1 rings (SSSR count). The number of aliphatic hydroxyl groups is 2. The molecule has 0 aromatic heterocycles. The van der Waals surface area contributed by atoms with Crippen LogP contribution in [0.25, 0.3) is 0 Å². The van der Waals surface area contributed by atoms with Crippen LogP contribution in [0.1, 0.15) is 5.56 Å². The zero-order chi connectivity index (χ0) is 12.5. The van der Waals surface area contributed by atoms with Crippen LogP contribution in [0.4, 0.5) is 0 Å². The Bertz CT molecular complexity index is 325. The third-order valence-corrected chi connectivity index (χ3v) is 2.06. The van der Waals surface area contributed by atoms with E-state index in [9.17, 15) is 4.79 Å². The van der Waals surface area contributed by atoms with Crippen LogP contribution in [0.3, 0.4) is 0 Å². The average molecular weight is 240 g/mol. The fraction of sp³-hybridized carbons (Fsp3) is 0.417. The smallest absolute Gasteiger partial charge is 0.338 e. The number of hydrogen-bond acceptors (Lipinski definition) is 5. The van der Waals surface area contributed by atoms with Gasteiger partial charge in [0.05, 0.1) is 19.8 Å². The Morgan fingerprint density at radius 2 is 1.94 bits per heavy atom. The van der Waals surface area contributed by atoms with Gasteiger partial charge < -0.3 is 19.7 Å². The molecule has 0 fully saturated rings. The van der Waals surface area contributed by atoms with Gasteiger partial charge in [0.1, 0.15) is 6.61 Å². The van der Waals surface area contributed by atoms with Crippen molar-refractivity contribution in [2.45, 2.75) is 12.7 Å². The first-order chi connectivity index (χ1) is 8.27. The Balaban J connectivity index is 2.37. The second-order valence-electron chi connectivity index (χ2n) is 3.36. The summed E-state index contributed by atoms with van der Waals surface area (Å²) in [6.07, 6.45) is -1.04. The second-order valence-corrected chi connectivity index (χ2v) is 3.36. The summed E-state index contributed by atoms with van der Waals surface area (Å²) in [4.78, 5) is 11.5. The number of esters is 1. The molecule has 0 amide bonds. The molecule has 0 spiro atoms. The van der Waals surface area contributed by atoms with E-state index >= 15 is 0 Å². The van der Waals surface area contributed by atoms with Crippen molar-refractivity contribution in [1.29, 1.82) is 0 Å². The van der Waals surface area contributed by atoms with Gasteiger partial charge in [-0.25, -0.2) is 4.79 Å². The molecule has 1 atom stereocenters. The van der Waals surface area contributed by atoms with Gasteiger partial charge in [0.25, 0.3) is 0 Å². The average Bonchev–Trinajstić information content (AvgIpc) is 2.38. The molecule has 0 saturated carbocycles. The van der Waals surface area contributed by atoms with Gasteiger partial charge in [0.15, 0.2) is 6.10 Å². The Hall–Kier alpha value is -1.43. The van der Waals surface area contributed by atoms with E-state index in [-0.39, 0.29) is 19.8 Å². The number of rotatable bonds is 7. The molecular formula is C12H16O5. The van der Waals surface area contributed by atoms with Crippen LogP contribution in [0.15, 0.2) is 30.3 Å². The van der Waals surface area contributed by atoms with Gasteiger partial charge in [0.2, 0.25) is 0 Å². The van der Waals surface area contributed by atoms with Gasteiger partial charge >= 0.3 is 5.97 Å². The molecule has 17 heavy (non-hydrogen) atoms. The summed E-state index contributed by atoms with van der Waals surface area (Å²) in [5, 5.41) is 17.5. The predicted octanol–water partition coefficient (Wildman–Crippen LogP) is 0.0996. The summed E-state index contributed by atoms with van der Waals surface area (Å²) in [5.41, 5.74) is 0.861. The molecule has 0 aliphatic rings. The molecule has 1 aromatic carbocycles. The van der Waals surface area contributed by atoms with Crippen LogP contribution in [0.2, 0.25) is 0 Å². The van der Waals surface area contributed by atoms with Crippen LogP contribution in [0, 0.1) is 0 Å². The number of hydrogen-bond donors (Lipinski definition) is 2. The molecule has 0 heterocycles. The first kappa shape index (κ1) is 13.6. The summed E-state index contributed by atoms with van der Waals surface area (Å²) in [6, 6.07) is 9.21. The van der Waals surface area contributed by atoms with E-state index in [1.54, 1.807) is 0 Å². The summed E-state index contributed by atoms with van der Waals surface area (Å²) in [6.45, 7) is -0.541. The molecule has 0 aliphatic heterocycles. The lowest BCUT2D eigenvalue weighted by molar-refractivity contribution is -0.161. The molecule has 5 nitrogen and oxygen atoms in total. The Morgan fingerprint density at radius 1 is 1.24 bits per heavy atom. The second kappa shape index (κ2) is 7.78. The standard InChI is InChI=1S/C12H16O5/c13-6-7-16-11(8-14)12(15)17-9-10-4-2-1-3-5-10/h1-5,11,13-14H,6-9H2. The zero-order valence-corrected chi connectivity index (χ0v) is 9.41. The lowest BCUT2D eigenvalue weighted by Crippen LogP contribution is -2.31. The molecular weight excluding hydrogens is 224 g/mol. The van der Waals surface area contributed by atoms with E-state index in [2.05, 4.69) is 0 Å². The van der Waals surface area contributed by atoms with Gasteiger partial charge in [-0.15, -0.1) is 0 Å². The topological polar surface area (TPSA) is 76.0 Å². The van der Waals surface area contributed by atoms with Crippen molar-refractivity contribution < 1.29 is 24.5 Å². The number of carbonyl (C=O) groups is 1. The number of aliphatic hydroxyl groups excluding tert-OH is 2. The highest BCUT2D eigenvalue weighted by Gasteiger charge is 2.19. The largest absolute Gasteiger partial charge is 0.459 e. The molecule has 0 saturated heterocycles. The van der Waals surface area contributed by atoms with Crippen molar-refractivity contribution in [2.24, 2.45) is 0 Å². The lowest BCUT2D eigenvalue weighted by atomic mass is 10.2. The maximum atomic E-state index is 11.5. The fourth-order valence-electron chi connectivity index (χ4n) is 1.21. The van der Waals surface area contributed by atoms with Crippen LogP contribution < -0.4 is 0 Å². The van der Waals surface area contributed by atoms with Crippen LogP contribution in [-0.2, 0) is 20.9 Å². The van der Waals surface area contributed by atoms with Crippen LogP contribution in [0.5, 0.6) is 0 Å². The molecule has 5 heteroatoms. The zero-order valence-electron chi connectivity index (χ0n) is 9.41. The first-order valence-electron chi connectivity index (χ1n) is 5.31. The van der Waals surface area contributed by atoms with Gasteiger partial charge in [0, 0.05) is 0 Å². The SMILES string of the molecule is O=C(OCc1ccccc1)C(CO)OCCO. The summed E-state index contributed by atoms with van der Waals surface area (Å²) in [7, 11) is 0. The predicted molar refractivity (Wildman–Crippen MR) is 60.1 cm³/mol. The maximum Gasteiger partial charge on any atom is 0.338 e. The number of ether oxygens (including phenoxy) is 2. The molecule has 0 bridgehead atoms. The van der Waals surface area contributed by atoms with Gasteiger partial charge in [-0.3, -0.25) is 0 Å². The highest BCUT2D eigenvalue weighted by Crippen LogP contribution is 2.03. The highest BCUT2D eigenvalue weighted by molar-refractivity contribution is 5.74. The van der Waals surface area contributed by atoms with E-state index in [1.807, 2.05) is 30.3 Å². The molecule has 0 radical (unpaired) electrons. The van der Waals surface area contributed by atoms with Crippen LogP contribution in [-0.4, -0.2) is 42.1 Å². The van der Waals surface area contributed by atoms with Crippen molar-refractivity contribution in [1.82, 2.24) is 0 Å². The van der Waals surface area contributed by atoms with E-state index in [1.165, 1.54) is 0 Å². The minimum absolute atomic E-state index is 0.00827. The first-order valence-corrected chi connectivity index (χ1v) is 5.31. The molecule has 0 aliphatic carbocycles. The van der Waals surface area contributed by atoms with E-state index in [0.29, 0.717) is 0 Å². The third kappa shape index (κ3) is 4.95.